The molecule has 1 rings (SSSR count). The zero-order valence-corrected chi connectivity index (χ0v) is 13.6. The van der Waals surface area contributed by atoms with Crippen LogP contribution in [-0.4, -0.2) is 12.6 Å². The van der Waals surface area contributed by atoms with E-state index >= 15 is 0 Å². The molecule has 1 aromatic carbocycles. The molecular formula is C17H29NO. The summed E-state index contributed by atoms with van der Waals surface area (Å²) < 4.78 is 5.69. The summed E-state index contributed by atoms with van der Waals surface area (Å²) in [4.78, 5) is 0. The van der Waals surface area contributed by atoms with Crippen molar-refractivity contribution < 1.29 is 4.74 Å². The van der Waals surface area contributed by atoms with Gasteiger partial charge in [0.15, 0.2) is 0 Å². The highest BCUT2D eigenvalue weighted by atomic mass is 16.5. The van der Waals surface area contributed by atoms with Gasteiger partial charge in [0.05, 0.1) is 7.11 Å². The van der Waals surface area contributed by atoms with Crippen molar-refractivity contribution in [2.24, 2.45) is 5.73 Å². The summed E-state index contributed by atoms with van der Waals surface area (Å²) in [7, 11) is 1.75. The Morgan fingerprint density at radius 3 is 2.05 bits per heavy atom. The topological polar surface area (TPSA) is 35.2 Å². The number of rotatable bonds is 4. The van der Waals surface area contributed by atoms with E-state index in [0.717, 1.165) is 18.6 Å². The second-order valence-electron chi connectivity index (χ2n) is 7.10. The Kier molecular flexibility index (Phi) is 4.67. The molecule has 0 fully saturated rings. The van der Waals surface area contributed by atoms with Crippen molar-refractivity contribution in [3.8, 4) is 5.75 Å². The highest BCUT2D eigenvalue weighted by Gasteiger charge is 2.24. The quantitative estimate of drug-likeness (QED) is 0.896. The fourth-order valence-electron chi connectivity index (χ4n) is 2.38. The van der Waals surface area contributed by atoms with Gasteiger partial charge in [0, 0.05) is 11.1 Å². The zero-order chi connectivity index (χ0) is 14.8. The Balaban J connectivity index is 3.44. The Morgan fingerprint density at radius 2 is 1.68 bits per heavy atom. The second kappa shape index (κ2) is 5.54. The van der Waals surface area contributed by atoms with Crippen LogP contribution in [0.3, 0.4) is 0 Å². The van der Waals surface area contributed by atoms with Gasteiger partial charge in [0.1, 0.15) is 5.75 Å². The molecule has 0 aliphatic heterocycles. The number of ether oxygens (including phenoxy) is 1. The number of hydrogen-bond donors (Lipinski definition) is 1. The average molecular weight is 263 g/mol. The van der Waals surface area contributed by atoms with Crippen molar-refractivity contribution in [1.29, 1.82) is 0 Å². The maximum Gasteiger partial charge on any atom is 0.125 e. The molecule has 0 atom stereocenters. The predicted octanol–water partition coefficient (Wildman–Crippen LogP) is 3.83. The summed E-state index contributed by atoms with van der Waals surface area (Å²) in [6.07, 6.45) is 1.86. The van der Waals surface area contributed by atoms with Gasteiger partial charge in [-0.25, -0.2) is 0 Å². The van der Waals surface area contributed by atoms with Crippen molar-refractivity contribution in [3.05, 3.63) is 28.8 Å². The summed E-state index contributed by atoms with van der Waals surface area (Å²) in [6.45, 7) is 13.0. The minimum absolute atomic E-state index is 0.0734. The number of nitrogens with two attached hydrogens (primary N) is 1. The molecule has 0 amide bonds. The lowest BCUT2D eigenvalue weighted by molar-refractivity contribution is 0.386. The van der Waals surface area contributed by atoms with Crippen LogP contribution in [0, 0.1) is 0 Å². The first-order valence-corrected chi connectivity index (χ1v) is 7.07. The summed E-state index contributed by atoms with van der Waals surface area (Å²) >= 11 is 0. The maximum absolute atomic E-state index is 6.19. The number of methoxy groups -OCH3 is 1. The van der Waals surface area contributed by atoms with Gasteiger partial charge in [-0.05, 0) is 43.2 Å². The first-order chi connectivity index (χ1) is 8.58. The molecule has 0 saturated carbocycles. The third-order valence-electron chi connectivity index (χ3n) is 3.29. The van der Waals surface area contributed by atoms with Crippen molar-refractivity contribution >= 4 is 0 Å². The smallest absolute Gasteiger partial charge is 0.125 e. The SMILES string of the molecule is CCc1cc(CC(C)(C)N)c(OC)c(C(C)(C)C)c1. The normalized spacial score (nSPS) is 12.6. The van der Waals surface area contributed by atoms with E-state index < -0.39 is 0 Å². The molecule has 2 nitrogen and oxygen atoms in total. The van der Waals surface area contributed by atoms with Crippen LogP contribution in [0.4, 0.5) is 0 Å². The molecule has 0 aliphatic rings. The van der Waals surface area contributed by atoms with Gasteiger partial charge in [-0.2, -0.15) is 0 Å². The first kappa shape index (κ1) is 16.0. The molecule has 0 radical (unpaired) electrons. The van der Waals surface area contributed by atoms with Crippen LogP contribution >= 0.6 is 0 Å². The van der Waals surface area contributed by atoms with Crippen LogP contribution < -0.4 is 10.5 Å². The Bertz CT molecular complexity index is 436. The molecule has 0 bridgehead atoms. The van der Waals surface area contributed by atoms with Gasteiger partial charge in [-0.1, -0.05) is 39.8 Å². The molecule has 0 saturated heterocycles. The van der Waals surface area contributed by atoms with Gasteiger partial charge in [-0.15, -0.1) is 0 Å². The molecule has 19 heavy (non-hydrogen) atoms. The summed E-state index contributed by atoms with van der Waals surface area (Å²) in [5, 5.41) is 0. The Labute approximate surface area is 118 Å². The van der Waals surface area contributed by atoms with Crippen molar-refractivity contribution in [2.45, 2.75) is 65.3 Å². The van der Waals surface area contributed by atoms with E-state index in [4.69, 9.17) is 10.5 Å². The average Bonchev–Trinajstić information content (AvgIpc) is 2.24. The Morgan fingerprint density at radius 1 is 1.11 bits per heavy atom. The fraction of sp³-hybridized carbons (Fsp3) is 0.647. The van der Waals surface area contributed by atoms with Crippen LogP contribution in [0.25, 0.3) is 0 Å². The number of benzene rings is 1. The highest BCUT2D eigenvalue weighted by Crippen LogP contribution is 2.36. The Hall–Kier alpha value is -1.02. The lowest BCUT2D eigenvalue weighted by Crippen LogP contribution is -2.34. The molecule has 0 aromatic heterocycles. The fourth-order valence-corrected chi connectivity index (χ4v) is 2.38. The van der Waals surface area contributed by atoms with E-state index in [9.17, 15) is 0 Å². The van der Waals surface area contributed by atoms with Crippen LogP contribution in [-0.2, 0) is 18.3 Å². The molecule has 0 unspecified atom stereocenters. The molecule has 0 aliphatic carbocycles. The van der Waals surface area contributed by atoms with Gasteiger partial charge >= 0.3 is 0 Å². The van der Waals surface area contributed by atoms with Gasteiger partial charge in [0.25, 0.3) is 0 Å². The van der Waals surface area contributed by atoms with E-state index in [2.05, 4.69) is 53.7 Å². The lowest BCUT2D eigenvalue weighted by Gasteiger charge is -2.27. The predicted molar refractivity (Wildman–Crippen MR) is 83.0 cm³/mol. The van der Waals surface area contributed by atoms with Gasteiger partial charge in [-0.3, -0.25) is 0 Å². The van der Waals surface area contributed by atoms with Crippen molar-refractivity contribution in [3.63, 3.8) is 0 Å². The monoisotopic (exact) mass is 263 g/mol. The first-order valence-electron chi connectivity index (χ1n) is 7.07. The molecule has 0 heterocycles. The molecule has 0 spiro atoms. The maximum atomic E-state index is 6.19. The van der Waals surface area contributed by atoms with E-state index in [0.29, 0.717) is 0 Å². The third kappa shape index (κ3) is 4.24. The molecule has 1 aromatic rings. The van der Waals surface area contributed by atoms with Crippen LogP contribution in [0.15, 0.2) is 12.1 Å². The lowest BCUT2D eigenvalue weighted by atomic mass is 9.82. The van der Waals surface area contributed by atoms with E-state index in [1.165, 1.54) is 16.7 Å². The zero-order valence-electron chi connectivity index (χ0n) is 13.6. The molecule has 2 heteroatoms. The number of aryl methyl sites for hydroxylation is 1. The summed E-state index contributed by atoms with van der Waals surface area (Å²) in [5.41, 5.74) is 9.88. The minimum Gasteiger partial charge on any atom is -0.496 e. The van der Waals surface area contributed by atoms with Crippen LogP contribution in [0.2, 0.25) is 0 Å². The van der Waals surface area contributed by atoms with Crippen molar-refractivity contribution in [1.82, 2.24) is 0 Å². The van der Waals surface area contributed by atoms with E-state index in [1.807, 2.05) is 0 Å². The van der Waals surface area contributed by atoms with Crippen molar-refractivity contribution in [2.75, 3.05) is 7.11 Å². The number of hydrogen-bond acceptors (Lipinski definition) is 2. The minimum atomic E-state index is -0.227. The molecule has 108 valence electrons. The molecule has 2 N–H and O–H groups in total. The van der Waals surface area contributed by atoms with Gasteiger partial charge in [0.2, 0.25) is 0 Å². The highest BCUT2D eigenvalue weighted by molar-refractivity contribution is 5.48. The standard InChI is InChI=1S/C17H29NO/c1-8-12-9-13(11-17(5,6)18)15(19-7)14(10-12)16(2,3)4/h9-10H,8,11,18H2,1-7H3. The second-order valence-corrected chi connectivity index (χ2v) is 7.10. The van der Waals surface area contributed by atoms with E-state index in [1.54, 1.807) is 7.11 Å². The largest absolute Gasteiger partial charge is 0.496 e. The van der Waals surface area contributed by atoms with Crippen LogP contribution in [0.5, 0.6) is 5.75 Å². The molecular weight excluding hydrogens is 234 g/mol. The third-order valence-corrected chi connectivity index (χ3v) is 3.29. The summed E-state index contributed by atoms with van der Waals surface area (Å²) in [6, 6.07) is 4.51. The van der Waals surface area contributed by atoms with Crippen LogP contribution in [0.1, 0.15) is 58.2 Å². The van der Waals surface area contributed by atoms with E-state index in [-0.39, 0.29) is 11.0 Å². The summed E-state index contributed by atoms with van der Waals surface area (Å²) in [5.74, 6) is 1.00. The van der Waals surface area contributed by atoms with Gasteiger partial charge < -0.3 is 10.5 Å².